The van der Waals surface area contributed by atoms with Crippen LogP contribution in [0.25, 0.3) is 0 Å². The van der Waals surface area contributed by atoms with E-state index in [1.165, 1.54) is 13.2 Å². The van der Waals surface area contributed by atoms with Crippen molar-refractivity contribution in [2.45, 2.75) is 13.8 Å². The van der Waals surface area contributed by atoms with Crippen LogP contribution in [-0.2, 0) is 0 Å². The van der Waals surface area contributed by atoms with E-state index in [4.69, 9.17) is 4.74 Å². The van der Waals surface area contributed by atoms with Crippen LogP contribution in [0.4, 0.5) is 5.69 Å². The number of benzene rings is 2. The molecule has 5 heteroatoms. The predicted molar refractivity (Wildman–Crippen MR) is 83.8 cm³/mol. The molecule has 0 aliphatic carbocycles. The Labute approximate surface area is 128 Å². The number of hydrogen-bond acceptors (Lipinski definition) is 3. The van der Waals surface area contributed by atoms with Crippen molar-refractivity contribution in [2.24, 2.45) is 0 Å². The van der Waals surface area contributed by atoms with Crippen molar-refractivity contribution in [3.8, 4) is 5.75 Å². The SMILES string of the molecule is COc1cc(C(=O)Nc2ccc(C)cc2C(=O)O)ccc1C. The fourth-order valence-electron chi connectivity index (χ4n) is 2.10. The molecule has 0 bridgehead atoms. The van der Waals surface area contributed by atoms with Gasteiger partial charge >= 0.3 is 5.97 Å². The number of carbonyl (C=O) groups is 2. The van der Waals surface area contributed by atoms with Gasteiger partial charge in [-0.1, -0.05) is 17.7 Å². The second-order valence-corrected chi connectivity index (χ2v) is 4.99. The number of aryl methyl sites for hydroxylation is 2. The Hall–Kier alpha value is -2.82. The van der Waals surface area contributed by atoms with E-state index in [0.29, 0.717) is 11.3 Å². The average molecular weight is 299 g/mol. The molecule has 5 nitrogen and oxygen atoms in total. The highest BCUT2D eigenvalue weighted by Gasteiger charge is 2.14. The van der Waals surface area contributed by atoms with Gasteiger partial charge in [-0.2, -0.15) is 0 Å². The summed E-state index contributed by atoms with van der Waals surface area (Å²) in [6.07, 6.45) is 0. The largest absolute Gasteiger partial charge is 0.496 e. The number of hydrogen-bond donors (Lipinski definition) is 2. The highest BCUT2D eigenvalue weighted by molar-refractivity contribution is 6.08. The van der Waals surface area contributed by atoms with Crippen molar-refractivity contribution >= 4 is 17.6 Å². The summed E-state index contributed by atoms with van der Waals surface area (Å²) < 4.78 is 5.19. The number of ether oxygens (including phenoxy) is 1. The molecule has 0 aliphatic heterocycles. The van der Waals surface area contributed by atoms with Crippen LogP contribution in [0.5, 0.6) is 5.75 Å². The normalized spacial score (nSPS) is 10.1. The van der Waals surface area contributed by atoms with Gasteiger partial charge in [0.15, 0.2) is 0 Å². The van der Waals surface area contributed by atoms with E-state index in [1.54, 1.807) is 37.3 Å². The van der Waals surface area contributed by atoms with Crippen LogP contribution in [0.2, 0.25) is 0 Å². The molecule has 0 fully saturated rings. The second-order valence-electron chi connectivity index (χ2n) is 4.99. The lowest BCUT2D eigenvalue weighted by Gasteiger charge is -2.11. The molecule has 0 radical (unpaired) electrons. The van der Waals surface area contributed by atoms with Gasteiger partial charge in [0.2, 0.25) is 0 Å². The highest BCUT2D eigenvalue weighted by Crippen LogP contribution is 2.22. The molecule has 0 heterocycles. The highest BCUT2D eigenvalue weighted by atomic mass is 16.5. The van der Waals surface area contributed by atoms with E-state index in [0.717, 1.165) is 11.1 Å². The first-order chi connectivity index (χ1) is 10.4. The lowest BCUT2D eigenvalue weighted by Crippen LogP contribution is -2.15. The number of methoxy groups -OCH3 is 1. The van der Waals surface area contributed by atoms with Gasteiger partial charge in [0.1, 0.15) is 5.75 Å². The van der Waals surface area contributed by atoms with Crippen molar-refractivity contribution < 1.29 is 19.4 Å². The van der Waals surface area contributed by atoms with Crippen LogP contribution in [0.15, 0.2) is 36.4 Å². The van der Waals surface area contributed by atoms with Gasteiger partial charge in [0, 0.05) is 5.56 Å². The molecule has 2 N–H and O–H groups in total. The Balaban J connectivity index is 2.31. The van der Waals surface area contributed by atoms with Crippen LogP contribution in [-0.4, -0.2) is 24.1 Å². The number of anilines is 1. The minimum absolute atomic E-state index is 0.0624. The zero-order valence-corrected chi connectivity index (χ0v) is 12.6. The third kappa shape index (κ3) is 3.25. The number of carboxylic acids is 1. The van der Waals surface area contributed by atoms with E-state index in [-0.39, 0.29) is 17.2 Å². The average Bonchev–Trinajstić information content (AvgIpc) is 2.49. The molecule has 114 valence electrons. The van der Waals surface area contributed by atoms with E-state index >= 15 is 0 Å². The standard InChI is InChI=1S/C17H17NO4/c1-10-4-7-14(13(8-10)17(20)21)18-16(19)12-6-5-11(2)15(9-12)22-3/h4-9H,1-3H3,(H,18,19)(H,20,21). The quantitative estimate of drug-likeness (QED) is 0.908. The lowest BCUT2D eigenvalue weighted by molar-refractivity contribution is 0.0698. The van der Waals surface area contributed by atoms with Crippen LogP contribution in [0, 0.1) is 13.8 Å². The summed E-state index contributed by atoms with van der Waals surface area (Å²) in [5.41, 5.74) is 2.46. The number of aromatic carboxylic acids is 1. The van der Waals surface area contributed by atoms with Crippen LogP contribution in [0.1, 0.15) is 31.8 Å². The molecule has 0 spiro atoms. The summed E-state index contributed by atoms with van der Waals surface area (Å²) >= 11 is 0. The number of carbonyl (C=O) groups excluding carboxylic acids is 1. The molecule has 22 heavy (non-hydrogen) atoms. The summed E-state index contributed by atoms with van der Waals surface area (Å²) in [6, 6.07) is 9.93. The molecular weight excluding hydrogens is 282 g/mol. The maximum atomic E-state index is 12.3. The van der Waals surface area contributed by atoms with Crippen LogP contribution < -0.4 is 10.1 Å². The Morgan fingerprint density at radius 1 is 1.09 bits per heavy atom. The zero-order valence-electron chi connectivity index (χ0n) is 12.6. The van der Waals surface area contributed by atoms with Crippen molar-refractivity contribution in [2.75, 3.05) is 12.4 Å². The Kier molecular flexibility index (Phi) is 4.46. The molecule has 0 aliphatic rings. The summed E-state index contributed by atoms with van der Waals surface area (Å²) in [5, 5.41) is 11.9. The first-order valence-electron chi connectivity index (χ1n) is 6.72. The van der Waals surface area contributed by atoms with Gasteiger partial charge in [0.05, 0.1) is 18.4 Å². The predicted octanol–water partition coefficient (Wildman–Crippen LogP) is 3.26. The van der Waals surface area contributed by atoms with Gasteiger partial charge in [0.25, 0.3) is 5.91 Å². The second kappa shape index (κ2) is 6.30. The summed E-state index contributed by atoms with van der Waals surface area (Å²) in [6.45, 7) is 3.67. The molecular formula is C17H17NO4. The van der Waals surface area contributed by atoms with Gasteiger partial charge in [-0.15, -0.1) is 0 Å². The minimum Gasteiger partial charge on any atom is -0.496 e. The maximum absolute atomic E-state index is 12.3. The van der Waals surface area contributed by atoms with Gasteiger partial charge in [-0.05, 0) is 43.7 Å². The third-order valence-electron chi connectivity index (χ3n) is 3.32. The van der Waals surface area contributed by atoms with Crippen molar-refractivity contribution in [1.29, 1.82) is 0 Å². The van der Waals surface area contributed by atoms with E-state index in [2.05, 4.69) is 5.32 Å². The number of rotatable bonds is 4. The molecule has 0 aromatic heterocycles. The molecule has 0 atom stereocenters. The van der Waals surface area contributed by atoms with Gasteiger partial charge in [-0.3, -0.25) is 4.79 Å². The molecule has 1 amide bonds. The molecule has 0 unspecified atom stereocenters. The lowest BCUT2D eigenvalue weighted by atomic mass is 10.1. The zero-order chi connectivity index (χ0) is 16.3. The Morgan fingerprint density at radius 2 is 1.82 bits per heavy atom. The third-order valence-corrected chi connectivity index (χ3v) is 3.32. The van der Waals surface area contributed by atoms with E-state index < -0.39 is 5.97 Å². The number of nitrogens with one attached hydrogen (secondary N) is 1. The topological polar surface area (TPSA) is 75.6 Å². The van der Waals surface area contributed by atoms with E-state index in [1.807, 2.05) is 6.92 Å². The summed E-state index contributed by atoms with van der Waals surface area (Å²) in [4.78, 5) is 23.6. The van der Waals surface area contributed by atoms with E-state index in [9.17, 15) is 14.7 Å². The summed E-state index contributed by atoms with van der Waals surface area (Å²) in [7, 11) is 1.53. The molecule has 2 aromatic carbocycles. The molecule has 0 saturated heterocycles. The first kappa shape index (κ1) is 15.6. The fraction of sp³-hybridized carbons (Fsp3) is 0.176. The first-order valence-corrected chi connectivity index (χ1v) is 6.72. The molecule has 2 aromatic rings. The maximum Gasteiger partial charge on any atom is 0.337 e. The van der Waals surface area contributed by atoms with Gasteiger partial charge < -0.3 is 15.2 Å². The van der Waals surface area contributed by atoms with Gasteiger partial charge in [-0.25, -0.2) is 4.79 Å². The molecule has 2 rings (SSSR count). The van der Waals surface area contributed by atoms with Crippen LogP contribution in [0.3, 0.4) is 0 Å². The van der Waals surface area contributed by atoms with Crippen molar-refractivity contribution in [1.82, 2.24) is 0 Å². The van der Waals surface area contributed by atoms with Crippen molar-refractivity contribution in [3.63, 3.8) is 0 Å². The Bertz CT molecular complexity index is 737. The fourth-order valence-corrected chi connectivity index (χ4v) is 2.10. The minimum atomic E-state index is -1.08. The molecule has 0 saturated carbocycles. The number of carboxylic acid groups (broad SMARTS) is 1. The monoisotopic (exact) mass is 299 g/mol. The Morgan fingerprint density at radius 3 is 2.45 bits per heavy atom. The summed E-state index contributed by atoms with van der Waals surface area (Å²) in [5.74, 6) is -0.861. The smallest absolute Gasteiger partial charge is 0.337 e. The van der Waals surface area contributed by atoms with Crippen LogP contribution >= 0.6 is 0 Å². The van der Waals surface area contributed by atoms with Crippen molar-refractivity contribution in [3.05, 3.63) is 58.7 Å². The number of amides is 1.